The Bertz CT molecular complexity index is 512. The Morgan fingerprint density at radius 2 is 1.82 bits per heavy atom. The lowest BCUT2D eigenvalue weighted by molar-refractivity contribution is 0.215. The van der Waals surface area contributed by atoms with Crippen LogP contribution in [0.15, 0.2) is 54.6 Å². The minimum atomic E-state index is -0.540. The van der Waals surface area contributed by atoms with Crippen LogP contribution in [0.2, 0.25) is 0 Å². The Balaban J connectivity index is 1.98. The van der Waals surface area contributed by atoms with Crippen molar-refractivity contribution in [1.29, 1.82) is 0 Å². The van der Waals surface area contributed by atoms with Gasteiger partial charge in [-0.05, 0) is 24.3 Å². The smallest absolute Gasteiger partial charge is 0.410 e. The topological polar surface area (TPSA) is 64.3 Å². The molecular weight excluding hydrogens is 216 g/mol. The van der Waals surface area contributed by atoms with Crippen LogP contribution in [0, 0.1) is 0 Å². The summed E-state index contributed by atoms with van der Waals surface area (Å²) in [5.74, 6) is 0.415. The predicted octanol–water partition coefficient (Wildman–Crippen LogP) is 2.88. The Morgan fingerprint density at radius 3 is 2.53 bits per heavy atom. The van der Waals surface area contributed by atoms with E-state index in [0.717, 1.165) is 0 Å². The molecule has 3 N–H and O–H groups in total. The van der Waals surface area contributed by atoms with E-state index in [0.29, 0.717) is 17.1 Å². The van der Waals surface area contributed by atoms with Crippen molar-refractivity contribution in [2.24, 2.45) is 0 Å². The molecular formula is C13H12N2O2. The van der Waals surface area contributed by atoms with Gasteiger partial charge in [0.05, 0.1) is 0 Å². The van der Waals surface area contributed by atoms with Crippen LogP contribution in [-0.2, 0) is 0 Å². The molecule has 2 rings (SSSR count). The summed E-state index contributed by atoms with van der Waals surface area (Å²) in [6.45, 7) is 0. The molecule has 0 aliphatic rings. The summed E-state index contributed by atoms with van der Waals surface area (Å²) >= 11 is 0. The largest absolute Gasteiger partial charge is 0.417 e. The summed E-state index contributed by atoms with van der Waals surface area (Å²) in [6.07, 6.45) is -0.540. The average Bonchev–Trinajstić information content (AvgIpc) is 2.30. The van der Waals surface area contributed by atoms with Crippen molar-refractivity contribution in [2.75, 3.05) is 11.1 Å². The molecule has 0 saturated carbocycles. The summed E-state index contributed by atoms with van der Waals surface area (Å²) in [7, 11) is 0. The maximum absolute atomic E-state index is 11.5. The number of amides is 1. The molecule has 0 unspecified atom stereocenters. The third-order valence-corrected chi connectivity index (χ3v) is 2.09. The summed E-state index contributed by atoms with van der Waals surface area (Å²) in [5.41, 5.74) is 6.81. The van der Waals surface area contributed by atoms with Crippen LogP contribution in [0.3, 0.4) is 0 Å². The lowest BCUT2D eigenvalue weighted by atomic mass is 10.3. The molecule has 17 heavy (non-hydrogen) atoms. The number of ether oxygens (including phenoxy) is 1. The van der Waals surface area contributed by atoms with Crippen molar-refractivity contribution >= 4 is 17.5 Å². The highest BCUT2D eigenvalue weighted by Gasteiger charge is 2.04. The van der Waals surface area contributed by atoms with E-state index < -0.39 is 6.09 Å². The molecule has 0 heterocycles. The van der Waals surface area contributed by atoms with Gasteiger partial charge in [0.1, 0.15) is 5.75 Å². The number of nitrogens with two attached hydrogens (primary N) is 1. The molecule has 86 valence electrons. The molecule has 2 aromatic rings. The van der Waals surface area contributed by atoms with Crippen molar-refractivity contribution in [1.82, 2.24) is 0 Å². The number of nitrogens with one attached hydrogen (secondary N) is 1. The van der Waals surface area contributed by atoms with E-state index >= 15 is 0 Å². The van der Waals surface area contributed by atoms with Crippen LogP contribution < -0.4 is 15.8 Å². The van der Waals surface area contributed by atoms with Gasteiger partial charge in [0, 0.05) is 17.4 Å². The number of hydrogen-bond acceptors (Lipinski definition) is 3. The number of rotatable bonds is 2. The number of anilines is 2. The van der Waals surface area contributed by atoms with Gasteiger partial charge >= 0.3 is 6.09 Å². The second-order valence-electron chi connectivity index (χ2n) is 3.45. The van der Waals surface area contributed by atoms with Crippen molar-refractivity contribution in [3.63, 3.8) is 0 Å². The highest BCUT2D eigenvalue weighted by atomic mass is 16.6. The first-order valence-electron chi connectivity index (χ1n) is 5.13. The molecule has 0 aromatic heterocycles. The standard InChI is InChI=1S/C13H12N2O2/c14-10-5-4-8-12(9-10)17-13(16)15-11-6-2-1-3-7-11/h1-9H,14H2,(H,15,16). The van der Waals surface area contributed by atoms with E-state index in [1.165, 1.54) is 0 Å². The summed E-state index contributed by atoms with van der Waals surface area (Å²) < 4.78 is 5.07. The maximum Gasteiger partial charge on any atom is 0.417 e. The molecule has 0 spiro atoms. The van der Waals surface area contributed by atoms with Crippen molar-refractivity contribution < 1.29 is 9.53 Å². The van der Waals surface area contributed by atoms with E-state index in [1.54, 1.807) is 36.4 Å². The molecule has 4 heteroatoms. The molecule has 0 aliphatic carbocycles. The molecule has 0 aliphatic heterocycles. The first-order valence-corrected chi connectivity index (χ1v) is 5.13. The first kappa shape index (κ1) is 11.0. The highest BCUT2D eigenvalue weighted by Crippen LogP contribution is 2.15. The molecule has 0 radical (unpaired) electrons. The monoisotopic (exact) mass is 228 g/mol. The Hall–Kier alpha value is -2.49. The molecule has 2 aromatic carbocycles. The lowest BCUT2D eigenvalue weighted by Crippen LogP contribution is -2.16. The normalized spacial score (nSPS) is 9.65. The molecule has 0 atom stereocenters. The van der Waals surface area contributed by atoms with Crippen LogP contribution in [-0.4, -0.2) is 6.09 Å². The van der Waals surface area contributed by atoms with Crippen LogP contribution >= 0.6 is 0 Å². The van der Waals surface area contributed by atoms with Crippen molar-refractivity contribution in [2.45, 2.75) is 0 Å². The van der Waals surface area contributed by atoms with Gasteiger partial charge in [0.25, 0.3) is 0 Å². The van der Waals surface area contributed by atoms with Crippen LogP contribution in [0.1, 0.15) is 0 Å². The fraction of sp³-hybridized carbons (Fsp3) is 0. The van der Waals surface area contributed by atoms with Crippen molar-refractivity contribution in [3.8, 4) is 5.75 Å². The van der Waals surface area contributed by atoms with Gasteiger partial charge in [-0.1, -0.05) is 24.3 Å². The number of benzene rings is 2. The zero-order chi connectivity index (χ0) is 12.1. The summed E-state index contributed by atoms with van der Waals surface area (Å²) in [6, 6.07) is 15.8. The minimum Gasteiger partial charge on any atom is -0.410 e. The van der Waals surface area contributed by atoms with Crippen LogP contribution in [0.4, 0.5) is 16.2 Å². The quantitative estimate of drug-likeness (QED) is 0.777. The second kappa shape index (κ2) is 5.03. The Kier molecular flexibility index (Phi) is 3.25. The van der Waals surface area contributed by atoms with E-state index in [1.807, 2.05) is 18.2 Å². The van der Waals surface area contributed by atoms with Gasteiger partial charge in [-0.15, -0.1) is 0 Å². The number of carbonyl (C=O) groups excluding carboxylic acids is 1. The first-order chi connectivity index (χ1) is 8.24. The molecule has 0 bridgehead atoms. The number of nitrogen functional groups attached to an aromatic ring is 1. The second-order valence-corrected chi connectivity index (χ2v) is 3.45. The third kappa shape index (κ3) is 3.24. The van der Waals surface area contributed by atoms with Gasteiger partial charge in [-0.2, -0.15) is 0 Å². The fourth-order valence-corrected chi connectivity index (χ4v) is 1.35. The summed E-state index contributed by atoms with van der Waals surface area (Å²) in [5, 5.41) is 2.61. The van der Waals surface area contributed by atoms with E-state index in [9.17, 15) is 4.79 Å². The molecule has 1 amide bonds. The van der Waals surface area contributed by atoms with Gasteiger partial charge < -0.3 is 10.5 Å². The van der Waals surface area contributed by atoms with Gasteiger partial charge in [-0.3, -0.25) is 5.32 Å². The molecule has 0 saturated heterocycles. The van der Waals surface area contributed by atoms with Gasteiger partial charge in [0.2, 0.25) is 0 Å². The van der Waals surface area contributed by atoms with Crippen molar-refractivity contribution in [3.05, 3.63) is 54.6 Å². The zero-order valence-corrected chi connectivity index (χ0v) is 9.09. The predicted molar refractivity (Wildman–Crippen MR) is 66.9 cm³/mol. The van der Waals surface area contributed by atoms with Gasteiger partial charge in [0.15, 0.2) is 0 Å². The zero-order valence-electron chi connectivity index (χ0n) is 9.09. The van der Waals surface area contributed by atoms with E-state index in [4.69, 9.17) is 10.5 Å². The molecule has 4 nitrogen and oxygen atoms in total. The third-order valence-electron chi connectivity index (χ3n) is 2.09. The number of carbonyl (C=O) groups is 1. The fourth-order valence-electron chi connectivity index (χ4n) is 1.35. The Labute approximate surface area is 99.0 Å². The van der Waals surface area contributed by atoms with Crippen LogP contribution in [0.25, 0.3) is 0 Å². The van der Waals surface area contributed by atoms with E-state index in [-0.39, 0.29) is 0 Å². The van der Waals surface area contributed by atoms with E-state index in [2.05, 4.69) is 5.32 Å². The minimum absolute atomic E-state index is 0.415. The lowest BCUT2D eigenvalue weighted by Gasteiger charge is -2.06. The summed E-state index contributed by atoms with van der Waals surface area (Å²) in [4.78, 5) is 11.5. The highest BCUT2D eigenvalue weighted by molar-refractivity contribution is 5.86. The van der Waals surface area contributed by atoms with Gasteiger partial charge in [-0.25, -0.2) is 4.79 Å². The number of hydrogen-bond donors (Lipinski definition) is 2. The maximum atomic E-state index is 11.5. The SMILES string of the molecule is Nc1cccc(OC(=O)Nc2ccccc2)c1. The Morgan fingerprint density at radius 1 is 1.06 bits per heavy atom. The van der Waals surface area contributed by atoms with Crippen LogP contribution in [0.5, 0.6) is 5.75 Å². The molecule has 0 fully saturated rings. The number of para-hydroxylation sites is 1. The average molecular weight is 228 g/mol.